The molecule has 0 aliphatic rings. The molecule has 0 saturated carbocycles. The van der Waals surface area contributed by atoms with Crippen molar-refractivity contribution in [3.8, 4) is 0 Å². The highest BCUT2D eigenvalue weighted by atomic mass is 35.5. The maximum atomic E-state index is 12.0. The first-order valence-electron chi connectivity index (χ1n) is 6.86. The summed E-state index contributed by atoms with van der Waals surface area (Å²) in [4.78, 5) is 28.0. The number of hydrogen-bond acceptors (Lipinski definition) is 4. The van der Waals surface area contributed by atoms with Crippen LogP contribution in [0.15, 0.2) is 24.3 Å². The maximum Gasteiger partial charge on any atom is 0.164 e. The van der Waals surface area contributed by atoms with E-state index in [0.717, 1.165) is 13.1 Å². The lowest BCUT2D eigenvalue weighted by molar-refractivity contribution is 0.0972. The van der Waals surface area contributed by atoms with Gasteiger partial charge in [0.05, 0.1) is 0 Å². The van der Waals surface area contributed by atoms with Crippen LogP contribution in [0.2, 0.25) is 0 Å². The predicted octanol–water partition coefficient (Wildman–Crippen LogP) is 2.80. The lowest BCUT2D eigenvalue weighted by Gasteiger charge is -2.10. The SMILES string of the molecule is CN(C)CCC(=O)c1cccc(C(=O)CCN(C)C)c1.Cl.Cl. The molecule has 1 aromatic carbocycles. The van der Waals surface area contributed by atoms with E-state index in [9.17, 15) is 9.59 Å². The third-order valence-electron chi connectivity index (χ3n) is 3.08. The Kier molecular flexibility index (Phi) is 12.3. The zero-order chi connectivity index (χ0) is 15.1. The first-order valence-corrected chi connectivity index (χ1v) is 6.86. The van der Waals surface area contributed by atoms with Crippen LogP contribution in [0, 0.1) is 0 Å². The molecule has 0 spiro atoms. The summed E-state index contributed by atoms with van der Waals surface area (Å²) in [5, 5.41) is 0. The molecule has 4 nitrogen and oxygen atoms in total. The van der Waals surface area contributed by atoms with Gasteiger partial charge < -0.3 is 9.80 Å². The van der Waals surface area contributed by atoms with Crippen LogP contribution in [0.25, 0.3) is 0 Å². The largest absolute Gasteiger partial charge is 0.309 e. The van der Waals surface area contributed by atoms with E-state index in [1.54, 1.807) is 24.3 Å². The highest BCUT2D eigenvalue weighted by Crippen LogP contribution is 2.10. The topological polar surface area (TPSA) is 40.6 Å². The van der Waals surface area contributed by atoms with E-state index in [4.69, 9.17) is 0 Å². The summed E-state index contributed by atoms with van der Waals surface area (Å²) in [6.45, 7) is 1.44. The Balaban J connectivity index is 0. The van der Waals surface area contributed by atoms with E-state index in [-0.39, 0.29) is 36.4 Å². The second-order valence-electron chi connectivity index (χ2n) is 5.53. The molecule has 0 unspecified atom stereocenters. The number of nitrogens with zero attached hydrogens (tertiary/aromatic N) is 2. The molecule has 6 heteroatoms. The Morgan fingerprint density at radius 2 is 1.18 bits per heavy atom. The van der Waals surface area contributed by atoms with E-state index >= 15 is 0 Å². The molecule has 0 bridgehead atoms. The van der Waals surface area contributed by atoms with Crippen LogP contribution in [0.3, 0.4) is 0 Å². The molecule has 0 aromatic heterocycles. The van der Waals surface area contributed by atoms with Crippen molar-refractivity contribution in [2.45, 2.75) is 12.8 Å². The van der Waals surface area contributed by atoms with Crippen molar-refractivity contribution in [2.75, 3.05) is 41.3 Å². The van der Waals surface area contributed by atoms with Crippen molar-refractivity contribution in [1.29, 1.82) is 0 Å². The molecule has 0 atom stereocenters. The van der Waals surface area contributed by atoms with Crippen LogP contribution in [-0.4, -0.2) is 62.6 Å². The first-order chi connectivity index (χ1) is 9.40. The summed E-state index contributed by atoms with van der Waals surface area (Å²) in [6, 6.07) is 7.06. The van der Waals surface area contributed by atoms with Gasteiger partial charge in [0.15, 0.2) is 11.6 Å². The van der Waals surface area contributed by atoms with Crippen molar-refractivity contribution < 1.29 is 9.59 Å². The highest BCUT2D eigenvalue weighted by molar-refractivity contribution is 6.01. The second-order valence-corrected chi connectivity index (χ2v) is 5.53. The Morgan fingerprint density at radius 1 is 0.818 bits per heavy atom. The molecular weight excluding hydrogens is 323 g/mol. The molecule has 0 aliphatic heterocycles. The van der Waals surface area contributed by atoms with Gasteiger partial charge in [0.25, 0.3) is 0 Å². The Labute approximate surface area is 145 Å². The minimum absolute atomic E-state index is 0. The summed E-state index contributed by atoms with van der Waals surface area (Å²) in [5.74, 6) is 0.168. The van der Waals surface area contributed by atoms with E-state index in [0.29, 0.717) is 24.0 Å². The fraction of sp³-hybridized carbons (Fsp3) is 0.500. The van der Waals surface area contributed by atoms with E-state index in [1.807, 2.05) is 38.0 Å². The fourth-order valence-corrected chi connectivity index (χ4v) is 1.81. The Bertz CT molecular complexity index is 438. The fourth-order valence-electron chi connectivity index (χ4n) is 1.81. The highest BCUT2D eigenvalue weighted by Gasteiger charge is 2.11. The number of Topliss-reactive ketones (excluding diaryl/α,β-unsaturated/α-hetero) is 2. The molecule has 0 radical (unpaired) electrons. The van der Waals surface area contributed by atoms with E-state index in [2.05, 4.69) is 0 Å². The van der Waals surface area contributed by atoms with Crippen molar-refractivity contribution >= 4 is 36.4 Å². The number of halogens is 2. The average molecular weight is 349 g/mol. The van der Waals surface area contributed by atoms with Gasteiger partial charge in [0.2, 0.25) is 0 Å². The lowest BCUT2D eigenvalue weighted by atomic mass is 10.0. The molecule has 0 fully saturated rings. The van der Waals surface area contributed by atoms with Crippen molar-refractivity contribution in [3.05, 3.63) is 35.4 Å². The van der Waals surface area contributed by atoms with Crippen LogP contribution in [0.4, 0.5) is 0 Å². The van der Waals surface area contributed by atoms with Gasteiger partial charge in [-0.05, 0) is 34.3 Å². The summed E-state index contributed by atoms with van der Waals surface area (Å²) in [7, 11) is 7.76. The minimum atomic E-state index is 0. The number of carbonyl (C=O) groups is 2. The van der Waals surface area contributed by atoms with Crippen molar-refractivity contribution in [3.63, 3.8) is 0 Å². The van der Waals surface area contributed by atoms with Gasteiger partial charge in [-0.1, -0.05) is 18.2 Å². The zero-order valence-corrected chi connectivity index (χ0v) is 15.3. The minimum Gasteiger partial charge on any atom is -0.309 e. The van der Waals surface area contributed by atoms with Gasteiger partial charge in [-0.3, -0.25) is 9.59 Å². The van der Waals surface area contributed by atoms with Gasteiger partial charge in [-0.25, -0.2) is 0 Å². The predicted molar refractivity (Wildman–Crippen MR) is 95.9 cm³/mol. The summed E-state index contributed by atoms with van der Waals surface area (Å²) < 4.78 is 0. The van der Waals surface area contributed by atoms with Crippen LogP contribution >= 0.6 is 24.8 Å². The second kappa shape index (κ2) is 11.6. The summed E-state index contributed by atoms with van der Waals surface area (Å²) >= 11 is 0. The maximum absolute atomic E-state index is 12.0. The molecule has 0 amide bonds. The van der Waals surface area contributed by atoms with Gasteiger partial charge >= 0.3 is 0 Å². The smallest absolute Gasteiger partial charge is 0.164 e. The molecule has 1 aromatic rings. The normalized spacial score (nSPS) is 10.1. The third-order valence-corrected chi connectivity index (χ3v) is 3.08. The molecular formula is C16H26Cl2N2O2. The molecule has 1 rings (SSSR count). The molecule has 22 heavy (non-hydrogen) atoms. The molecule has 0 saturated heterocycles. The van der Waals surface area contributed by atoms with Gasteiger partial charge in [-0.15, -0.1) is 24.8 Å². The zero-order valence-electron chi connectivity index (χ0n) is 13.7. The van der Waals surface area contributed by atoms with Gasteiger partial charge in [0.1, 0.15) is 0 Å². The first kappa shape index (κ1) is 23.3. The van der Waals surface area contributed by atoms with E-state index < -0.39 is 0 Å². The van der Waals surface area contributed by atoms with Crippen LogP contribution < -0.4 is 0 Å². The van der Waals surface area contributed by atoms with Gasteiger partial charge in [0, 0.05) is 37.1 Å². The van der Waals surface area contributed by atoms with Crippen molar-refractivity contribution in [1.82, 2.24) is 9.80 Å². The van der Waals surface area contributed by atoms with Crippen LogP contribution in [0.5, 0.6) is 0 Å². The quantitative estimate of drug-likeness (QED) is 0.677. The number of rotatable bonds is 8. The summed E-state index contributed by atoms with van der Waals surface area (Å²) in [5.41, 5.74) is 1.25. The van der Waals surface area contributed by atoms with Crippen molar-refractivity contribution in [2.24, 2.45) is 0 Å². The monoisotopic (exact) mass is 348 g/mol. The molecule has 0 N–H and O–H groups in total. The van der Waals surface area contributed by atoms with Crippen LogP contribution in [-0.2, 0) is 0 Å². The number of benzene rings is 1. The van der Waals surface area contributed by atoms with Crippen LogP contribution in [0.1, 0.15) is 33.6 Å². The lowest BCUT2D eigenvalue weighted by Crippen LogP contribution is -2.18. The number of ketones is 2. The average Bonchev–Trinajstić information content (AvgIpc) is 2.42. The number of carbonyl (C=O) groups excluding carboxylic acids is 2. The molecule has 0 heterocycles. The summed E-state index contributed by atoms with van der Waals surface area (Å²) in [6.07, 6.45) is 0.949. The third kappa shape index (κ3) is 8.49. The van der Waals surface area contributed by atoms with Gasteiger partial charge in [-0.2, -0.15) is 0 Å². The Hall–Kier alpha value is -0.940. The molecule has 126 valence electrons. The number of hydrogen-bond donors (Lipinski definition) is 0. The molecule has 0 aliphatic carbocycles. The Morgan fingerprint density at radius 3 is 1.50 bits per heavy atom. The standard InChI is InChI=1S/C16H24N2O2.2ClH/c1-17(2)10-8-15(19)13-6-5-7-14(12-13)16(20)9-11-18(3)4;;/h5-7,12H,8-11H2,1-4H3;2*1H. The van der Waals surface area contributed by atoms with E-state index in [1.165, 1.54) is 0 Å².